The molecule has 5 heteroatoms. The zero-order valence-electron chi connectivity index (χ0n) is 12.5. The molecule has 0 aliphatic rings. The second-order valence-corrected chi connectivity index (χ2v) is 4.75. The zero-order chi connectivity index (χ0) is 15.3. The van der Waals surface area contributed by atoms with Gasteiger partial charge in [-0.3, -0.25) is 4.79 Å². The minimum absolute atomic E-state index is 0.0717. The van der Waals surface area contributed by atoms with Gasteiger partial charge in [-0.25, -0.2) is 4.39 Å². The molecule has 0 saturated heterocycles. The third-order valence-corrected chi connectivity index (χ3v) is 3.21. The van der Waals surface area contributed by atoms with Gasteiger partial charge in [0.05, 0.1) is 0 Å². The maximum Gasteiger partial charge on any atom is 0.263 e. The molecular weight excluding hydrogens is 259 g/mol. The summed E-state index contributed by atoms with van der Waals surface area (Å²) in [4.78, 5) is 13.7. The van der Waals surface area contributed by atoms with E-state index in [2.05, 4.69) is 0 Å². The van der Waals surface area contributed by atoms with Crippen molar-refractivity contribution in [2.75, 3.05) is 13.1 Å². The van der Waals surface area contributed by atoms with Gasteiger partial charge >= 0.3 is 0 Å². The number of halogens is 1. The molecule has 0 aliphatic heterocycles. The average molecular weight is 282 g/mol. The maximum atomic E-state index is 13.9. The lowest BCUT2D eigenvalue weighted by atomic mass is 10.1. The molecule has 1 aromatic carbocycles. The van der Waals surface area contributed by atoms with Crippen LogP contribution in [0, 0.1) is 5.82 Å². The molecule has 0 spiro atoms. The standard InChI is InChI=1S/C15H23FN2O2/c1-5-18(6-2)15(19)11(4)20-14-8-7-12(10(3)17)9-13(14)16/h7-11H,5-6,17H2,1-4H3. The number of hydrogen-bond acceptors (Lipinski definition) is 3. The summed E-state index contributed by atoms with van der Waals surface area (Å²) >= 11 is 0. The summed E-state index contributed by atoms with van der Waals surface area (Å²) in [6, 6.07) is 4.32. The molecule has 2 N–H and O–H groups in total. The first-order valence-electron chi connectivity index (χ1n) is 6.91. The van der Waals surface area contributed by atoms with E-state index in [9.17, 15) is 9.18 Å². The van der Waals surface area contributed by atoms with Crippen LogP contribution in [0.2, 0.25) is 0 Å². The quantitative estimate of drug-likeness (QED) is 0.872. The highest BCUT2D eigenvalue weighted by Crippen LogP contribution is 2.22. The number of benzene rings is 1. The summed E-state index contributed by atoms with van der Waals surface area (Å²) in [6.07, 6.45) is -0.717. The van der Waals surface area contributed by atoms with E-state index in [1.165, 1.54) is 12.1 Å². The van der Waals surface area contributed by atoms with E-state index in [0.29, 0.717) is 18.7 Å². The predicted molar refractivity (Wildman–Crippen MR) is 77.0 cm³/mol. The summed E-state index contributed by atoms with van der Waals surface area (Å²) in [5.74, 6) is -0.577. The highest BCUT2D eigenvalue weighted by Gasteiger charge is 2.21. The van der Waals surface area contributed by atoms with Crippen molar-refractivity contribution in [3.63, 3.8) is 0 Å². The Balaban J connectivity index is 2.80. The third-order valence-electron chi connectivity index (χ3n) is 3.21. The van der Waals surface area contributed by atoms with Gasteiger partial charge < -0.3 is 15.4 Å². The smallest absolute Gasteiger partial charge is 0.263 e. The van der Waals surface area contributed by atoms with Crippen molar-refractivity contribution >= 4 is 5.91 Å². The molecule has 0 radical (unpaired) electrons. The largest absolute Gasteiger partial charge is 0.478 e. The normalized spacial score (nSPS) is 13.7. The summed E-state index contributed by atoms with van der Waals surface area (Å²) in [5, 5.41) is 0. The van der Waals surface area contributed by atoms with Gasteiger partial charge in [0.15, 0.2) is 17.7 Å². The van der Waals surface area contributed by atoms with E-state index in [0.717, 1.165) is 0 Å². The van der Waals surface area contributed by atoms with Crippen molar-refractivity contribution in [2.45, 2.75) is 39.8 Å². The number of nitrogens with zero attached hydrogens (tertiary/aromatic N) is 1. The maximum absolute atomic E-state index is 13.9. The van der Waals surface area contributed by atoms with Crippen LogP contribution in [0.3, 0.4) is 0 Å². The highest BCUT2D eigenvalue weighted by molar-refractivity contribution is 5.80. The number of carbonyl (C=O) groups excluding carboxylic acids is 1. The first kappa shape index (κ1) is 16.4. The van der Waals surface area contributed by atoms with E-state index < -0.39 is 11.9 Å². The fraction of sp³-hybridized carbons (Fsp3) is 0.533. The molecule has 1 amide bonds. The second-order valence-electron chi connectivity index (χ2n) is 4.75. The zero-order valence-corrected chi connectivity index (χ0v) is 12.5. The lowest BCUT2D eigenvalue weighted by Gasteiger charge is -2.23. The fourth-order valence-corrected chi connectivity index (χ4v) is 1.93. The molecule has 4 nitrogen and oxygen atoms in total. The molecular formula is C15H23FN2O2. The van der Waals surface area contributed by atoms with E-state index in [-0.39, 0.29) is 17.7 Å². The Morgan fingerprint density at radius 2 is 1.95 bits per heavy atom. The molecule has 2 atom stereocenters. The monoisotopic (exact) mass is 282 g/mol. The molecule has 0 aromatic heterocycles. The number of ether oxygens (including phenoxy) is 1. The Hall–Kier alpha value is -1.62. The molecule has 0 saturated carbocycles. The van der Waals surface area contributed by atoms with Crippen LogP contribution in [-0.4, -0.2) is 30.0 Å². The Kier molecular flexibility index (Phi) is 5.95. The van der Waals surface area contributed by atoms with E-state index in [1.807, 2.05) is 13.8 Å². The number of hydrogen-bond donors (Lipinski definition) is 1. The van der Waals surface area contributed by atoms with Gasteiger partial charge in [-0.15, -0.1) is 0 Å². The molecule has 1 aromatic rings. The third kappa shape index (κ3) is 3.93. The van der Waals surface area contributed by atoms with Gasteiger partial charge in [-0.2, -0.15) is 0 Å². The van der Waals surface area contributed by atoms with Crippen molar-refractivity contribution in [3.8, 4) is 5.75 Å². The molecule has 0 bridgehead atoms. The van der Waals surface area contributed by atoms with Crippen LogP contribution in [0.25, 0.3) is 0 Å². The molecule has 0 fully saturated rings. The van der Waals surface area contributed by atoms with Crippen LogP contribution >= 0.6 is 0 Å². The minimum atomic E-state index is -0.717. The van der Waals surface area contributed by atoms with Crippen molar-refractivity contribution in [1.29, 1.82) is 0 Å². The van der Waals surface area contributed by atoms with Crippen LogP contribution in [-0.2, 0) is 4.79 Å². The van der Waals surface area contributed by atoms with Crippen molar-refractivity contribution in [3.05, 3.63) is 29.6 Å². The topological polar surface area (TPSA) is 55.6 Å². The molecule has 20 heavy (non-hydrogen) atoms. The Bertz CT molecular complexity index is 459. The van der Waals surface area contributed by atoms with Gasteiger partial charge in [-0.05, 0) is 45.4 Å². The second kappa shape index (κ2) is 7.24. The predicted octanol–water partition coefficient (Wildman–Crippen LogP) is 2.48. The van der Waals surface area contributed by atoms with E-state index in [1.54, 1.807) is 24.8 Å². The van der Waals surface area contributed by atoms with Crippen LogP contribution < -0.4 is 10.5 Å². The van der Waals surface area contributed by atoms with Crippen LogP contribution in [0.5, 0.6) is 5.75 Å². The van der Waals surface area contributed by atoms with Crippen LogP contribution in [0.15, 0.2) is 18.2 Å². The Morgan fingerprint density at radius 3 is 2.40 bits per heavy atom. The average Bonchev–Trinajstić information content (AvgIpc) is 2.41. The summed E-state index contributed by atoms with van der Waals surface area (Å²) in [7, 11) is 0. The summed E-state index contributed by atoms with van der Waals surface area (Å²) < 4.78 is 19.3. The molecule has 0 heterocycles. The van der Waals surface area contributed by atoms with Crippen LogP contribution in [0.4, 0.5) is 4.39 Å². The molecule has 1 rings (SSSR count). The van der Waals surface area contributed by atoms with Gasteiger partial charge in [0.1, 0.15) is 0 Å². The summed E-state index contributed by atoms with van der Waals surface area (Å²) in [6.45, 7) is 8.41. The molecule has 2 unspecified atom stereocenters. The van der Waals surface area contributed by atoms with E-state index >= 15 is 0 Å². The van der Waals surface area contributed by atoms with Gasteiger partial charge in [0.25, 0.3) is 5.91 Å². The lowest BCUT2D eigenvalue weighted by molar-refractivity contribution is -0.137. The first-order valence-corrected chi connectivity index (χ1v) is 6.91. The number of rotatable bonds is 6. The molecule has 0 aliphatic carbocycles. The number of carbonyl (C=O) groups is 1. The Labute approximate surface area is 119 Å². The number of likely N-dealkylation sites (N-methyl/N-ethyl adjacent to an activating group) is 1. The van der Waals surface area contributed by atoms with Crippen molar-refractivity contribution < 1.29 is 13.9 Å². The first-order chi connectivity index (χ1) is 9.40. The van der Waals surface area contributed by atoms with Crippen molar-refractivity contribution in [1.82, 2.24) is 4.90 Å². The van der Waals surface area contributed by atoms with Crippen LogP contribution in [0.1, 0.15) is 39.3 Å². The fourth-order valence-electron chi connectivity index (χ4n) is 1.93. The highest BCUT2D eigenvalue weighted by atomic mass is 19.1. The minimum Gasteiger partial charge on any atom is -0.478 e. The lowest BCUT2D eigenvalue weighted by Crippen LogP contribution is -2.40. The Morgan fingerprint density at radius 1 is 1.35 bits per heavy atom. The van der Waals surface area contributed by atoms with Gasteiger partial charge in [0.2, 0.25) is 0 Å². The summed E-state index contributed by atoms with van der Waals surface area (Å²) in [5.41, 5.74) is 6.38. The van der Waals surface area contributed by atoms with E-state index in [4.69, 9.17) is 10.5 Å². The number of amides is 1. The SMILES string of the molecule is CCN(CC)C(=O)C(C)Oc1ccc(C(C)N)cc1F. The van der Waals surface area contributed by atoms with Gasteiger partial charge in [-0.1, -0.05) is 6.07 Å². The number of nitrogens with two attached hydrogens (primary N) is 1. The van der Waals surface area contributed by atoms with Crippen molar-refractivity contribution in [2.24, 2.45) is 5.73 Å². The van der Waals surface area contributed by atoms with Gasteiger partial charge in [0, 0.05) is 19.1 Å². The molecule has 112 valence electrons.